The van der Waals surface area contributed by atoms with Gasteiger partial charge < -0.3 is 16.8 Å². The Morgan fingerprint density at radius 1 is 1.50 bits per heavy atom. The number of para-hydroxylation sites is 1. The van der Waals surface area contributed by atoms with E-state index in [4.69, 9.17) is 11.5 Å². The van der Waals surface area contributed by atoms with Crippen LogP contribution in [-0.4, -0.2) is 28.2 Å². The van der Waals surface area contributed by atoms with Crippen molar-refractivity contribution in [3.8, 4) is 0 Å². The van der Waals surface area contributed by atoms with E-state index in [-0.39, 0.29) is 5.25 Å². The summed E-state index contributed by atoms with van der Waals surface area (Å²) in [6.45, 7) is 2.58. The highest BCUT2D eigenvalue weighted by atomic mass is 32.2. The van der Waals surface area contributed by atoms with Crippen molar-refractivity contribution in [3.63, 3.8) is 0 Å². The standard InChI is InChI=1S/C12H19N3O2S/c1-8(18(2)17)6-7-15-10-5-3-4-9(11(10)13)12(14)16/h3-5,8,15H,6-7,13H2,1-2H3,(H2,14,16). The second kappa shape index (κ2) is 6.39. The molecule has 0 heterocycles. The summed E-state index contributed by atoms with van der Waals surface area (Å²) in [7, 11) is -0.831. The Bertz CT molecular complexity index is 463. The normalized spacial score (nSPS) is 13.9. The largest absolute Gasteiger partial charge is 0.396 e. The number of nitrogens with one attached hydrogen (secondary N) is 1. The molecule has 0 bridgehead atoms. The average Bonchev–Trinajstić information content (AvgIpc) is 2.30. The molecular formula is C12H19N3O2S. The Balaban J connectivity index is 2.66. The first-order valence-corrected chi connectivity index (χ1v) is 7.30. The summed E-state index contributed by atoms with van der Waals surface area (Å²) in [5, 5.41) is 3.25. The fraction of sp³-hybridized carbons (Fsp3) is 0.417. The van der Waals surface area contributed by atoms with Gasteiger partial charge in [0, 0.05) is 28.9 Å². The van der Waals surface area contributed by atoms with Gasteiger partial charge in [-0.25, -0.2) is 0 Å². The van der Waals surface area contributed by atoms with Crippen molar-refractivity contribution >= 4 is 28.1 Å². The number of amides is 1. The third-order valence-corrected chi connectivity index (χ3v) is 4.17. The van der Waals surface area contributed by atoms with E-state index in [1.54, 1.807) is 24.5 Å². The van der Waals surface area contributed by atoms with E-state index in [1.165, 1.54) is 0 Å². The van der Waals surface area contributed by atoms with Crippen molar-refractivity contribution in [1.82, 2.24) is 0 Å². The van der Waals surface area contributed by atoms with Gasteiger partial charge in [0.25, 0.3) is 5.91 Å². The van der Waals surface area contributed by atoms with E-state index in [2.05, 4.69) is 5.32 Å². The second-order valence-corrected chi connectivity index (χ2v) is 5.96. The molecule has 1 aromatic carbocycles. The Kier molecular flexibility index (Phi) is 5.15. The minimum Gasteiger partial charge on any atom is -0.396 e. The molecule has 5 nitrogen and oxygen atoms in total. The molecule has 0 aliphatic heterocycles. The number of carbonyl (C=O) groups is 1. The van der Waals surface area contributed by atoms with E-state index < -0.39 is 16.7 Å². The molecule has 0 radical (unpaired) electrons. The monoisotopic (exact) mass is 269 g/mol. The lowest BCUT2D eigenvalue weighted by molar-refractivity contribution is 0.100. The van der Waals surface area contributed by atoms with Crippen LogP contribution in [0.1, 0.15) is 23.7 Å². The van der Waals surface area contributed by atoms with Crippen LogP contribution in [0.15, 0.2) is 18.2 Å². The first-order chi connectivity index (χ1) is 8.43. The highest BCUT2D eigenvalue weighted by molar-refractivity contribution is 7.84. The maximum absolute atomic E-state index is 11.2. The molecular weight excluding hydrogens is 250 g/mol. The van der Waals surface area contributed by atoms with Gasteiger partial charge in [-0.15, -0.1) is 0 Å². The molecule has 0 saturated carbocycles. The zero-order chi connectivity index (χ0) is 13.7. The van der Waals surface area contributed by atoms with E-state index in [0.717, 1.165) is 6.42 Å². The van der Waals surface area contributed by atoms with Crippen molar-refractivity contribution in [2.45, 2.75) is 18.6 Å². The Labute approximate surface area is 109 Å². The molecule has 0 saturated heterocycles. The van der Waals surface area contributed by atoms with Crippen molar-refractivity contribution in [1.29, 1.82) is 0 Å². The van der Waals surface area contributed by atoms with E-state index >= 15 is 0 Å². The topological polar surface area (TPSA) is 98.2 Å². The Morgan fingerprint density at radius 3 is 2.72 bits per heavy atom. The maximum Gasteiger partial charge on any atom is 0.250 e. The predicted octanol–water partition coefficient (Wildman–Crippen LogP) is 0.937. The van der Waals surface area contributed by atoms with Gasteiger partial charge in [0.2, 0.25) is 0 Å². The number of hydrogen-bond donors (Lipinski definition) is 3. The number of primary amides is 1. The molecule has 5 N–H and O–H groups in total. The average molecular weight is 269 g/mol. The minimum absolute atomic E-state index is 0.123. The number of nitrogens with two attached hydrogens (primary N) is 2. The second-order valence-electron chi connectivity index (χ2n) is 4.16. The Hall–Kier alpha value is -1.56. The molecule has 0 aliphatic carbocycles. The minimum atomic E-state index is -0.831. The van der Waals surface area contributed by atoms with Gasteiger partial charge >= 0.3 is 0 Å². The van der Waals surface area contributed by atoms with Gasteiger partial charge in [0.1, 0.15) is 0 Å². The van der Waals surface area contributed by atoms with Crippen molar-refractivity contribution in [2.75, 3.05) is 23.9 Å². The molecule has 6 heteroatoms. The third kappa shape index (κ3) is 3.73. The van der Waals surface area contributed by atoms with Crippen LogP contribution >= 0.6 is 0 Å². The van der Waals surface area contributed by atoms with Crippen molar-refractivity contribution in [2.24, 2.45) is 5.73 Å². The molecule has 100 valence electrons. The van der Waals surface area contributed by atoms with Crippen LogP contribution < -0.4 is 16.8 Å². The molecule has 18 heavy (non-hydrogen) atoms. The summed E-state index contributed by atoms with van der Waals surface area (Å²) in [6.07, 6.45) is 2.45. The molecule has 1 aromatic rings. The van der Waals surface area contributed by atoms with E-state index in [9.17, 15) is 9.00 Å². The molecule has 0 fully saturated rings. The highest BCUT2D eigenvalue weighted by Crippen LogP contribution is 2.22. The zero-order valence-electron chi connectivity index (χ0n) is 10.6. The van der Waals surface area contributed by atoms with Crippen molar-refractivity contribution in [3.05, 3.63) is 23.8 Å². The van der Waals surface area contributed by atoms with Crippen LogP contribution in [0, 0.1) is 0 Å². The van der Waals surface area contributed by atoms with E-state index in [1.807, 2.05) is 6.92 Å². The van der Waals surface area contributed by atoms with Gasteiger partial charge in [-0.3, -0.25) is 9.00 Å². The summed E-state index contributed by atoms with van der Waals surface area (Å²) in [5.74, 6) is -0.542. The number of benzene rings is 1. The first-order valence-electron chi connectivity index (χ1n) is 5.68. The van der Waals surface area contributed by atoms with Crippen LogP contribution in [0.25, 0.3) is 0 Å². The fourth-order valence-corrected chi connectivity index (χ4v) is 1.96. The molecule has 0 aliphatic rings. The fourth-order valence-electron chi connectivity index (χ4n) is 1.51. The number of rotatable bonds is 6. The molecule has 2 unspecified atom stereocenters. The summed E-state index contributed by atoms with van der Waals surface area (Å²) in [5.41, 5.74) is 12.4. The van der Waals surface area contributed by atoms with Gasteiger partial charge in [-0.2, -0.15) is 0 Å². The van der Waals surface area contributed by atoms with Crippen LogP contribution in [0.3, 0.4) is 0 Å². The summed E-state index contributed by atoms with van der Waals surface area (Å²) >= 11 is 0. The SMILES string of the molecule is CC(CCNc1cccc(C(N)=O)c1N)S(C)=O. The van der Waals surface area contributed by atoms with E-state index in [0.29, 0.717) is 23.5 Å². The van der Waals surface area contributed by atoms with Gasteiger partial charge in [0.15, 0.2) is 0 Å². The lowest BCUT2D eigenvalue weighted by atomic mass is 10.1. The van der Waals surface area contributed by atoms with Crippen LogP contribution in [0.4, 0.5) is 11.4 Å². The summed E-state index contributed by atoms with van der Waals surface area (Å²) in [6, 6.07) is 5.10. The summed E-state index contributed by atoms with van der Waals surface area (Å²) in [4.78, 5) is 11.1. The maximum atomic E-state index is 11.2. The number of nitrogen functional groups attached to an aromatic ring is 1. The lowest BCUT2D eigenvalue weighted by Crippen LogP contribution is -2.17. The van der Waals surface area contributed by atoms with Gasteiger partial charge in [-0.1, -0.05) is 13.0 Å². The van der Waals surface area contributed by atoms with Crippen LogP contribution in [0.5, 0.6) is 0 Å². The third-order valence-electron chi connectivity index (χ3n) is 2.80. The lowest BCUT2D eigenvalue weighted by Gasteiger charge is -2.13. The molecule has 1 amide bonds. The number of anilines is 2. The number of carbonyl (C=O) groups excluding carboxylic acids is 1. The molecule has 2 atom stereocenters. The quantitative estimate of drug-likeness (QED) is 0.669. The van der Waals surface area contributed by atoms with Crippen molar-refractivity contribution < 1.29 is 9.00 Å². The van der Waals surface area contributed by atoms with Gasteiger partial charge in [-0.05, 0) is 18.6 Å². The molecule has 0 aromatic heterocycles. The van der Waals surface area contributed by atoms with Crippen LogP contribution in [0.2, 0.25) is 0 Å². The number of hydrogen-bond acceptors (Lipinski definition) is 4. The summed E-state index contributed by atoms with van der Waals surface area (Å²) < 4.78 is 11.2. The first kappa shape index (κ1) is 14.5. The van der Waals surface area contributed by atoms with Gasteiger partial charge in [0.05, 0.1) is 16.9 Å². The zero-order valence-corrected chi connectivity index (χ0v) is 11.4. The van der Waals surface area contributed by atoms with Crippen LogP contribution in [-0.2, 0) is 10.8 Å². The Morgan fingerprint density at radius 2 is 2.17 bits per heavy atom. The molecule has 0 spiro atoms. The highest BCUT2D eigenvalue weighted by Gasteiger charge is 2.10. The predicted molar refractivity (Wildman–Crippen MR) is 76.0 cm³/mol. The molecule has 1 rings (SSSR count). The smallest absolute Gasteiger partial charge is 0.250 e.